The van der Waals surface area contributed by atoms with Gasteiger partial charge in [0.25, 0.3) is 0 Å². The maximum Gasteiger partial charge on any atom is 0.410 e. The molecule has 0 radical (unpaired) electrons. The molecule has 0 saturated carbocycles. The molecule has 0 aliphatic carbocycles. The summed E-state index contributed by atoms with van der Waals surface area (Å²) >= 11 is 5.91. The zero-order valence-electron chi connectivity index (χ0n) is 14.1. The van der Waals surface area contributed by atoms with Gasteiger partial charge in [-0.25, -0.2) is 9.78 Å². The molecule has 1 aliphatic rings. The first-order valence-electron chi connectivity index (χ1n) is 7.88. The molecule has 1 amide bonds. The second kappa shape index (κ2) is 7.34. The summed E-state index contributed by atoms with van der Waals surface area (Å²) < 4.78 is 11.1. The molecular formula is C16H24ClN3O3. The number of amides is 1. The van der Waals surface area contributed by atoms with E-state index in [1.54, 1.807) is 11.0 Å². The van der Waals surface area contributed by atoms with E-state index in [2.05, 4.69) is 9.97 Å². The lowest BCUT2D eigenvalue weighted by Crippen LogP contribution is -2.48. The monoisotopic (exact) mass is 341 g/mol. The number of aromatic nitrogens is 2. The average Bonchev–Trinajstić information content (AvgIpc) is 2.42. The summed E-state index contributed by atoms with van der Waals surface area (Å²) in [7, 11) is 0. The van der Waals surface area contributed by atoms with Gasteiger partial charge in [-0.3, -0.25) is 0 Å². The summed E-state index contributed by atoms with van der Waals surface area (Å²) in [5.41, 5.74) is 0.236. The number of carbonyl (C=O) groups is 1. The van der Waals surface area contributed by atoms with Crippen molar-refractivity contribution in [1.29, 1.82) is 0 Å². The summed E-state index contributed by atoms with van der Waals surface area (Å²) in [5.74, 6) is 0. The van der Waals surface area contributed by atoms with Gasteiger partial charge in [0.15, 0.2) is 0 Å². The third-order valence-corrected chi connectivity index (χ3v) is 3.66. The zero-order chi connectivity index (χ0) is 17.0. The minimum absolute atomic E-state index is 0.0403. The predicted octanol–water partition coefficient (Wildman–Crippen LogP) is 3.61. The van der Waals surface area contributed by atoms with E-state index in [-0.39, 0.29) is 18.1 Å². The molecule has 0 unspecified atom stereocenters. The smallest absolute Gasteiger partial charge is 0.410 e. The van der Waals surface area contributed by atoms with Gasteiger partial charge in [-0.15, -0.1) is 0 Å². The van der Waals surface area contributed by atoms with Crippen LogP contribution in [0.3, 0.4) is 0 Å². The first-order chi connectivity index (χ1) is 10.7. The minimum Gasteiger partial charge on any atom is -0.461 e. The standard InChI is InChI=1S/C16H24ClN3O3/c1-11-9-13(17)19-14(18-11)22-10-12-7-5-6-8-20(12)15(21)23-16(2,3)4/h9,12H,5-8,10H2,1-4H3/t12-/m1/s1. The molecule has 23 heavy (non-hydrogen) atoms. The van der Waals surface area contributed by atoms with Crippen molar-refractivity contribution >= 4 is 17.7 Å². The molecule has 0 aromatic carbocycles. The molecule has 1 fully saturated rings. The second-order valence-corrected chi connectivity index (χ2v) is 7.14. The van der Waals surface area contributed by atoms with Crippen LogP contribution in [0, 0.1) is 6.92 Å². The normalized spacial score (nSPS) is 18.7. The quantitative estimate of drug-likeness (QED) is 0.786. The van der Waals surface area contributed by atoms with Crippen molar-refractivity contribution < 1.29 is 14.3 Å². The van der Waals surface area contributed by atoms with Gasteiger partial charge in [-0.2, -0.15) is 4.98 Å². The van der Waals surface area contributed by atoms with E-state index in [0.717, 1.165) is 25.0 Å². The molecule has 1 saturated heterocycles. The van der Waals surface area contributed by atoms with Crippen molar-refractivity contribution in [2.24, 2.45) is 0 Å². The topological polar surface area (TPSA) is 64.5 Å². The number of likely N-dealkylation sites (tertiary alicyclic amines) is 1. The lowest BCUT2D eigenvalue weighted by molar-refractivity contribution is 0.00304. The van der Waals surface area contributed by atoms with E-state index in [1.165, 1.54) is 0 Å². The summed E-state index contributed by atoms with van der Waals surface area (Å²) in [6.07, 6.45) is 2.61. The molecule has 2 rings (SSSR count). The SMILES string of the molecule is Cc1cc(Cl)nc(OC[C@H]2CCCCN2C(=O)OC(C)(C)C)n1. The van der Waals surface area contributed by atoms with Crippen LogP contribution < -0.4 is 4.74 Å². The Balaban J connectivity index is 1.99. The number of nitrogens with zero attached hydrogens (tertiary/aromatic N) is 3. The van der Waals surface area contributed by atoms with Crippen molar-refractivity contribution in [3.63, 3.8) is 0 Å². The molecule has 0 bridgehead atoms. The fourth-order valence-corrected chi connectivity index (χ4v) is 2.70. The second-order valence-electron chi connectivity index (χ2n) is 6.75. The van der Waals surface area contributed by atoms with E-state index >= 15 is 0 Å². The molecule has 1 atom stereocenters. The Labute approximate surface area is 142 Å². The minimum atomic E-state index is -0.507. The number of piperidine rings is 1. The maximum atomic E-state index is 12.3. The van der Waals surface area contributed by atoms with Gasteiger partial charge < -0.3 is 14.4 Å². The molecule has 7 heteroatoms. The van der Waals surface area contributed by atoms with Crippen molar-refractivity contribution in [2.75, 3.05) is 13.2 Å². The van der Waals surface area contributed by atoms with Crippen molar-refractivity contribution in [1.82, 2.24) is 14.9 Å². The van der Waals surface area contributed by atoms with E-state index in [4.69, 9.17) is 21.1 Å². The summed E-state index contributed by atoms with van der Waals surface area (Å²) in [6, 6.07) is 1.87. The van der Waals surface area contributed by atoms with Gasteiger partial charge in [-0.05, 0) is 53.0 Å². The third-order valence-electron chi connectivity index (χ3n) is 3.46. The van der Waals surface area contributed by atoms with E-state index in [9.17, 15) is 4.79 Å². The van der Waals surface area contributed by atoms with Crippen molar-refractivity contribution in [3.8, 4) is 6.01 Å². The lowest BCUT2D eigenvalue weighted by atomic mass is 10.0. The van der Waals surface area contributed by atoms with Crippen LogP contribution in [-0.2, 0) is 4.74 Å². The molecule has 0 N–H and O–H groups in total. The Kier molecular flexibility index (Phi) is 5.68. The van der Waals surface area contributed by atoms with Crippen LogP contribution in [0.15, 0.2) is 6.07 Å². The first kappa shape index (κ1) is 17.8. The van der Waals surface area contributed by atoms with Gasteiger partial charge in [0.2, 0.25) is 0 Å². The Bertz CT molecular complexity index is 540. The van der Waals surface area contributed by atoms with Crippen LogP contribution in [-0.4, -0.2) is 45.8 Å². The van der Waals surface area contributed by atoms with Crippen LogP contribution in [0.2, 0.25) is 5.15 Å². The highest BCUT2D eigenvalue weighted by Crippen LogP contribution is 2.21. The number of ether oxygens (including phenoxy) is 2. The van der Waals surface area contributed by atoms with Crippen LogP contribution in [0.4, 0.5) is 4.79 Å². The van der Waals surface area contributed by atoms with Gasteiger partial charge in [0, 0.05) is 12.2 Å². The Morgan fingerprint density at radius 3 is 2.78 bits per heavy atom. The highest BCUT2D eigenvalue weighted by Gasteiger charge is 2.31. The fraction of sp³-hybridized carbons (Fsp3) is 0.688. The number of hydrogen-bond acceptors (Lipinski definition) is 5. The molecule has 0 spiro atoms. The van der Waals surface area contributed by atoms with Crippen LogP contribution >= 0.6 is 11.6 Å². The maximum absolute atomic E-state index is 12.3. The van der Waals surface area contributed by atoms with Gasteiger partial charge in [0.1, 0.15) is 17.4 Å². The predicted molar refractivity (Wildman–Crippen MR) is 87.9 cm³/mol. The zero-order valence-corrected chi connectivity index (χ0v) is 14.9. The number of rotatable bonds is 3. The highest BCUT2D eigenvalue weighted by atomic mass is 35.5. The number of hydrogen-bond donors (Lipinski definition) is 0. The molecule has 6 nitrogen and oxygen atoms in total. The molecule has 1 aromatic rings. The number of aryl methyl sites for hydroxylation is 1. The molecular weight excluding hydrogens is 318 g/mol. The van der Waals surface area contributed by atoms with Crippen LogP contribution in [0.5, 0.6) is 6.01 Å². The third kappa shape index (κ3) is 5.53. The van der Waals surface area contributed by atoms with Gasteiger partial charge in [0.05, 0.1) is 6.04 Å². The number of halogens is 1. The van der Waals surface area contributed by atoms with E-state index < -0.39 is 5.60 Å². The largest absolute Gasteiger partial charge is 0.461 e. The van der Waals surface area contributed by atoms with Gasteiger partial charge >= 0.3 is 12.1 Å². The van der Waals surface area contributed by atoms with Crippen LogP contribution in [0.1, 0.15) is 45.7 Å². The molecule has 2 heterocycles. The lowest BCUT2D eigenvalue weighted by Gasteiger charge is -2.36. The fourth-order valence-electron chi connectivity index (χ4n) is 2.47. The first-order valence-corrected chi connectivity index (χ1v) is 8.26. The molecule has 1 aliphatic heterocycles. The summed E-state index contributed by atoms with van der Waals surface area (Å²) in [4.78, 5) is 22.3. The Morgan fingerprint density at radius 2 is 2.13 bits per heavy atom. The van der Waals surface area contributed by atoms with Gasteiger partial charge in [-0.1, -0.05) is 11.6 Å². The highest BCUT2D eigenvalue weighted by molar-refractivity contribution is 6.29. The summed E-state index contributed by atoms with van der Waals surface area (Å²) in [5, 5.41) is 0.347. The van der Waals surface area contributed by atoms with Crippen molar-refractivity contribution in [2.45, 2.75) is 58.6 Å². The van der Waals surface area contributed by atoms with E-state index in [1.807, 2.05) is 27.7 Å². The average molecular weight is 342 g/mol. The van der Waals surface area contributed by atoms with Crippen molar-refractivity contribution in [3.05, 3.63) is 16.9 Å². The van der Waals surface area contributed by atoms with Crippen LogP contribution in [0.25, 0.3) is 0 Å². The Morgan fingerprint density at radius 1 is 1.39 bits per heavy atom. The Hall–Kier alpha value is -1.56. The molecule has 1 aromatic heterocycles. The molecule has 128 valence electrons. The summed E-state index contributed by atoms with van der Waals surface area (Å²) in [6.45, 7) is 8.43. The van der Waals surface area contributed by atoms with E-state index in [0.29, 0.717) is 18.3 Å². The number of carbonyl (C=O) groups excluding carboxylic acids is 1.